The second-order valence-electron chi connectivity index (χ2n) is 6.11. The number of methoxy groups -OCH3 is 1. The number of amides is 1. The molecule has 2 aromatic carbocycles. The highest BCUT2D eigenvalue weighted by Gasteiger charge is 2.22. The fourth-order valence-corrected chi connectivity index (χ4v) is 3.08. The summed E-state index contributed by atoms with van der Waals surface area (Å²) in [5.74, 6) is 0.816. The molecule has 0 aromatic heterocycles. The summed E-state index contributed by atoms with van der Waals surface area (Å²) >= 11 is 5.93. The molecule has 0 spiro atoms. The first kappa shape index (κ1) is 18.9. The molecule has 3 rings (SSSR count). The summed E-state index contributed by atoms with van der Waals surface area (Å²) in [4.78, 5) is 16.5. The highest BCUT2D eigenvalue weighted by atomic mass is 35.5. The topological polar surface area (TPSA) is 65.8 Å². The largest absolute Gasteiger partial charge is 0.493 e. The van der Waals surface area contributed by atoms with E-state index < -0.39 is 0 Å². The number of rotatable bonds is 5. The van der Waals surface area contributed by atoms with Crippen molar-refractivity contribution >= 4 is 23.2 Å². The molecule has 0 bridgehead atoms. The summed E-state index contributed by atoms with van der Waals surface area (Å²) in [6.07, 6.45) is 0. The molecule has 0 atom stereocenters. The minimum atomic E-state index is -0.0721. The van der Waals surface area contributed by atoms with Gasteiger partial charge in [-0.05, 0) is 36.4 Å². The number of anilines is 1. The van der Waals surface area contributed by atoms with E-state index in [1.165, 1.54) is 7.11 Å². The first-order valence-corrected chi connectivity index (χ1v) is 8.97. The lowest BCUT2D eigenvalue weighted by Gasteiger charge is -2.36. The summed E-state index contributed by atoms with van der Waals surface area (Å²) < 4.78 is 10.8. The summed E-state index contributed by atoms with van der Waals surface area (Å²) in [6.45, 7) is 2.72. The van der Waals surface area contributed by atoms with Gasteiger partial charge in [-0.15, -0.1) is 0 Å². The standard InChI is InChI=1S/C20H20ClN3O3/c1-26-19-12-15(13-22)2-7-18(19)27-14-20(25)24-10-8-23(9-11-24)17-5-3-16(21)4-6-17/h2-7,12H,8-11,14H2,1H3. The van der Waals surface area contributed by atoms with Crippen LogP contribution >= 0.6 is 11.6 Å². The molecule has 0 saturated carbocycles. The Labute approximate surface area is 163 Å². The monoisotopic (exact) mass is 385 g/mol. The number of benzene rings is 2. The number of nitriles is 1. The molecule has 1 saturated heterocycles. The van der Waals surface area contributed by atoms with E-state index >= 15 is 0 Å². The van der Waals surface area contributed by atoms with Crippen LogP contribution < -0.4 is 14.4 Å². The van der Waals surface area contributed by atoms with Gasteiger partial charge in [-0.1, -0.05) is 11.6 Å². The highest BCUT2D eigenvalue weighted by molar-refractivity contribution is 6.30. The average Bonchev–Trinajstić information content (AvgIpc) is 2.72. The first-order valence-electron chi connectivity index (χ1n) is 8.60. The van der Waals surface area contributed by atoms with Crippen LogP contribution in [0.4, 0.5) is 5.69 Å². The van der Waals surface area contributed by atoms with Gasteiger partial charge in [0, 0.05) is 43.0 Å². The summed E-state index contributed by atoms with van der Waals surface area (Å²) in [7, 11) is 1.50. The lowest BCUT2D eigenvalue weighted by molar-refractivity contribution is -0.133. The van der Waals surface area contributed by atoms with Crippen molar-refractivity contribution in [2.24, 2.45) is 0 Å². The molecular formula is C20H20ClN3O3. The Morgan fingerprint density at radius 1 is 1.11 bits per heavy atom. The van der Waals surface area contributed by atoms with Gasteiger partial charge in [0.1, 0.15) is 0 Å². The van der Waals surface area contributed by atoms with Gasteiger partial charge in [0.15, 0.2) is 18.1 Å². The number of carbonyl (C=O) groups is 1. The molecule has 2 aromatic rings. The molecule has 1 fully saturated rings. The Balaban J connectivity index is 1.53. The fraction of sp³-hybridized carbons (Fsp3) is 0.300. The van der Waals surface area contributed by atoms with Crippen molar-refractivity contribution in [1.82, 2.24) is 4.90 Å². The molecule has 27 heavy (non-hydrogen) atoms. The van der Waals surface area contributed by atoms with Crippen LogP contribution in [-0.2, 0) is 4.79 Å². The first-order chi connectivity index (χ1) is 13.1. The lowest BCUT2D eigenvalue weighted by Crippen LogP contribution is -2.50. The number of hydrogen-bond donors (Lipinski definition) is 0. The highest BCUT2D eigenvalue weighted by Crippen LogP contribution is 2.28. The van der Waals surface area contributed by atoms with Crippen LogP contribution in [0, 0.1) is 11.3 Å². The molecule has 7 heteroatoms. The van der Waals surface area contributed by atoms with Crippen molar-refractivity contribution in [3.05, 3.63) is 53.1 Å². The van der Waals surface area contributed by atoms with Gasteiger partial charge in [-0.2, -0.15) is 5.26 Å². The van der Waals surface area contributed by atoms with Gasteiger partial charge >= 0.3 is 0 Å². The maximum absolute atomic E-state index is 12.5. The summed E-state index contributed by atoms with van der Waals surface area (Å²) in [5, 5.41) is 9.65. The van der Waals surface area contributed by atoms with E-state index in [0.29, 0.717) is 35.2 Å². The SMILES string of the molecule is COc1cc(C#N)ccc1OCC(=O)N1CCN(c2ccc(Cl)cc2)CC1. The van der Waals surface area contributed by atoms with Crippen molar-refractivity contribution < 1.29 is 14.3 Å². The zero-order valence-corrected chi connectivity index (χ0v) is 15.8. The molecule has 140 valence electrons. The van der Waals surface area contributed by atoms with Crippen molar-refractivity contribution in [3.63, 3.8) is 0 Å². The Morgan fingerprint density at radius 3 is 2.44 bits per heavy atom. The molecular weight excluding hydrogens is 366 g/mol. The van der Waals surface area contributed by atoms with E-state index in [2.05, 4.69) is 4.90 Å². The Morgan fingerprint density at radius 2 is 1.81 bits per heavy atom. The van der Waals surface area contributed by atoms with E-state index in [9.17, 15) is 4.79 Å². The molecule has 0 unspecified atom stereocenters. The van der Waals surface area contributed by atoms with Crippen LogP contribution in [0.15, 0.2) is 42.5 Å². The van der Waals surface area contributed by atoms with Gasteiger partial charge < -0.3 is 19.3 Å². The van der Waals surface area contributed by atoms with Crippen molar-refractivity contribution in [3.8, 4) is 17.6 Å². The van der Waals surface area contributed by atoms with Crippen molar-refractivity contribution in [1.29, 1.82) is 5.26 Å². The molecule has 0 radical (unpaired) electrons. The number of halogens is 1. The second kappa shape index (κ2) is 8.65. The normalized spacial score (nSPS) is 13.8. The minimum Gasteiger partial charge on any atom is -0.493 e. The van der Waals surface area contributed by atoms with Crippen LogP contribution in [0.2, 0.25) is 5.02 Å². The van der Waals surface area contributed by atoms with Crippen molar-refractivity contribution in [2.45, 2.75) is 0 Å². The van der Waals surface area contributed by atoms with Crippen LogP contribution in [0.1, 0.15) is 5.56 Å². The van der Waals surface area contributed by atoms with E-state index in [0.717, 1.165) is 18.8 Å². The molecule has 0 aliphatic carbocycles. The number of carbonyl (C=O) groups excluding carboxylic acids is 1. The van der Waals surface area contributed by atoms with Gasteiger partial charge in [-0.3, -0.25) is 4.79 Å². The zero-order chi connectivity index (χ0) is 19.2. The van der Waals surface area contributed by atoms with E-state index in [-0.39, 0.29) is 12.5 Å². The number of hydrogen-bond acceptors (Lipinski definition) is 5. The second-order valence-corrected chi connectivity index (χ2v) is 6.55. The Kier molecular flexibility index (Phi) is 6.05. The number of piperazine rings is 1. The summed E-state index contributed by atoms with van der Waals surface area (Å²) in [5.41, 5.74) is 1.58. The fourth-order valence-electron chi connectivity index (χ4n) is 2.95. The van der Waals surface area contributed by atoms with Crippen LogP contribution in [0.3, 0.4) is 0 Å². The predicted octanol–water partition coefficient (Wildman–Crippen LogP) is 2.95. The Bertz CT molecular complexity index is 841. The quantitative estimate of drug-likeness (QED) is 0.791. The van der Waals surface area contributed by atoms with Gasteiger partial charge in [-0.25, -0.2) is 0 Å². The van der Waals surface area contributed by atoms with Crippen LogP contribution in [0.5, 0.6) is 11.5 Å². The minimum absolute atomic E-state index is 0.0663. The molecule has 1 aliphatic rings. The zero-order valence-electron chi connectivity index (χ0n) is 15.0. The molecule has 6 nitrogen and oxygen atoms in total. The molecule has 1 aliphatic heterocycles. The third-order valence-corrected chi connectivity index (χ3v) is 4.72. The molecule has 0 N–H and O–H groups in total. The lowest BCUT2D eigenvalue weighted by atomic mass is 10.2. The Hall–Kier alpha value is -2.91. The summed E-state index contributed by atoms with van der Waals surface area (Å²) in [6, 6.07) is 14.6. The molecule has 1 heterocycles. The van der Waals surface area contributed by atoms with E-state index in [4.69, 9.17) is 26.3 Å². The third kappa shape index (κ3) is 4.63. The van der Waals surface area contributed by atoms with Gasteiger partial charge in [0.2, 0.25) is 0 Å². The maximum Gasteiger partial charge on any atom is 0.260 e. The maximum atomic E-state index is 12.5. The number of nitrogens with zero attached hydrogens (tertiary/aromatic N) is 3. The average molecular weight is 386 g/mol. The molecule has 1 amide bonds. The van der Waals surface area contributed by atoms with Crippen LogP contribution in [0.25, 0.3) is 0 Å². The van der Waals surface area contributed by atoms with Gasteiger partial charge in [0.25, 0.3) is 5.91 Å². The van der Waals surface area contributed by atoms with Crippen LogP contribution in [-0.4, -0.2) is 50.7 Å². The predicted molar refractivity (Wildman–Crippen MR) is 103 cm³/mol. The third-order valence-electron chi connectivity index (χ3n) is 4.47. The van der Waals surface area contributed by atoms with Gasteiger partial charge in [0.05, 0.1) is 18.7 Å². The number of ether oxygens (including phenoxy) is 2. The van der Waals surface area contributed by atoms with Crippen molar-refractivity contribution in [2.75, 3.05) is 44.8 Å². The smallest absolute Gasteiger partial charge is 0.260 e. The van der Waals surface area contributed by atoms with E-state index in [1.807, 2.05) is 30.3 Å². The van der Waals surface area contributed by atoms with E-state index in [1.54, 1.807) is 23.1 Å².